The minimum absolute atomic E-state index is 0.710. The van der Waals surface area contributed by atoms with Crippen molar-refractivity contribution < 1.29 is 4.79 Å². The molecular weight excluding hydrogens is 114 g/mol. The summed E-state index contributed by atoms with van der Waals surface area (Å²) in [6, 6.07) is 0. The fourth-order valence-electron chi connectivity index (χ4n) is 1.30. The predicted octanol–water partition coefficient (Wildman–Crippen LogP) is 1.17. The summed E-state index contributed by atoms with van der Waals surface area (Å²) in [6.07, 6.45) is 5.66. The first-order valence-electron chi connectivity index (χ1n) is 3.48. The minimum Gasteiger partial charge on any atom is -0.301 e. The monoisotopic (exact) mass is 126 g/mol. The molecule has 1 rings (SSSR count). The zero-order valence-electron chi connectivity index (χ0n) is 5.52. The molecule has 0 aromatic rings. The zero-order valence-corrected chi connectivity index (χ0v) is 5.52. The van der Waals surface area contributed by atoms with Crippen LogP contribution in [0.1, 0.15) is 32.1 Å². The van der Waals surface area contributed by atoms with Gasteiger partial charge in [-0.3, -0.25) is 0 Å². The van der Waals surface area contributed by atoms with Crippen LogP contribution >= 0.6 is 0 Å². The van der Waals surface area contributed by atoms with Crippen molar-refractivity contribution >= 4 is 6.29 Å². The fraction of sp³-hybridized carbons (Fsp3) is 0.857. The average molecular weight is 126 g/mol. The Balaban J connectivity index is 2.46. The van der Waals surface area contributed by atoms with Crippen molar-refractivity contribution in [1.82, 2.24) is 5.73 Å². The summed E-state index contributed by atoms with van der Waals surface area (Å²) in [4.78, 5) is 10.3. The standard InChI is InChI=1S/C7H12NO/c8-7(6-9)4-2-1-3-5-7/h6,8H,1-5H2. The lowest BCUT2D eigenvalue weighted by Gasteiger charge is -2.25. The molecule has 0 amide bonds. The molecule has 1 aliphatic carbocycles. The molecule has 0 aliphatic heterocycles. The Bertz CT molecular complexity index is 105. The molecule has 0 aromatic carbocycles. The lowest BCUT2D eigenvalue weighted by atomic mass is 9.84. The van der Waals surface area contributed by atoms with Gasteiger partial charge in [-0.1, -0.05) is 19.3 Å². The lowest BCUT2D eigenvalue weighted by molar-refractivity contribution is -0.113. The molecule has 1 radical (unpaired) electrons. The van der Waals surface area contributed by atoms with Gasteiger partial charge >= 0.3 is 0 Å². The molecule has 0 spiro atoms. The molecule has 0 saturated heterocycles. The van der Waals surface area contributed by atoms with Crippen LogP contribution in [0.2, 0.25) is 0 Å². The van der Waals surface area contributed by atoms with Gasteiger partial charge in [-0.25, -0.2) is 5.73 Å². The van der Waals surface area contributed by atoms with Crippen LogP contribution in [0.3, 0.4) is 0 Å². The van der Waals surface area contributed by atoms with Crippen molar-refractivity contribution in [3.05, 3.63) is 0 Å². The highest BCUT2D eigenvalue weighted by atomic mass is 16.1. The Morgan fingerprint density at radius 1 is 1.22 bits per heavy atom. The van der Waals surface area contributed by atoms with Crippen LogP contribution in [0.5, 0.6) is 0 Å². The van der Waals surface area contributed by atoms with Gasteiger partial charge in [0.25, 0.3) is 0 Å². The van der Waals surface area contributed by atoms with Crippen molar-refractivity contribution in [2.24, 2.45) is 0 Å². The zero-order chi connectivity index (χ0) is 6.74. The summed E-state index contributed by atoms with van der Waals surface area (Å²) in [5.74, 6) is 0. The van der Waals surface area contributed by atoms with Crippen LogP contribution in [-0.2, 0) is 4.79 Å². The Labute approximate surface area is 55.4 Å². The van der Waals surface area contributed by atoms with Gasteiger partial charge in [0.05, 0.1) is 5.54 Å². The van der Waals surface area contributed by atoms with Crippen molar-refractivity contribution in [3.63, 3.8) is 0 Å². The quantitative estimate of drug-likeness (QED) is 0.486. The molecule has 0 heterocycles. The summed E-state index contributed by atoms with van der Waals surface area (Å²) < 4.78 is 0. The highest BCUT2D eigenvalue weighted by Gasteiger charge is 2.26. The van der Waals surface area contributed by atoms with Crippen LogP contribution < -0.4 is 5.73 Å². The maximum Gasteiger partial charge on any atom is 0.141 e. The molecular formula is C7H12NO. The van der Waals surface area contributed by atoms with E-state index in [-0.39, 0.29) is 0 Å². The maximum atomic E-state index is 10.3. The van der Waals surface area contributed by atoms with E-state index < -0.39 is 5.54 Å². The van der Waals surface area contributed by atoms with E-state index in [1.54, 1.807) is 0 Å². The Hall–Kier alpha value is -0.370. The SMILES string of the molecule is [NH]C1(C=O)CCCCC1. The number of nitrogens with one attached hydrogen (secondary N) is 1. The summed E-state index contributed by atoms with van der Waals surface area (Å²) in [5.41, 5.74) is 6.79. The first kappa shape index (κ1) is 6.75. The van der Waals surface area contributed by atoms with E-state index in [0.29, 0.717) is 0 Å². The van der Waals surface area contributed by atoms with E-state index in [1.165, 1.54) is 6.42 Å². The number of aldehydes is 1. The summed E-state index contributed by atoms with van der Waals surface area (Å²) in [5, 5.41) is 0. The van der Waals surface area contributed by atoms with Gasteiger partial charge in [0.15, 0.2) is 0 Å². The molecule has 1 N–H and O–H groups in total. The summed E-state index contributed by atoms with van der Waals surface area (Å²) in [7, 11) is 0. The highest BCUT2D eigenvalue weighted by molar-refractivity contribution is 5.63. The van der Waals surface area contributed by atoms with Gasteiger partial charge in [-0.05, 0) is 12.8 Å². The summed E-state index contributed by atoms with van der Waals surface area (Å²) >= 11 is 0. The van der Waals surface area contributed by atoms with Crippen LogP contribution in [0.15, 0.2) is 0 Å². The van der Waals surface area contributed by atoms with Crippen molar-refractivity contribution in [2.75, 3.05) is 0 Å². The smallest absolute Gasteiger partial charge is 0.141 e. The van der Waals surface area contributed by atoms with E-state index in [9.17, 15) is 4.79 Å². The number of carbonyl (C=O) groups is 1. The molecule has 1 saturated carbocycles. The van der Waals surface area contributed by atoms with E-state index in [1.807, 2.05) is 0 Å². The number of carbonyl (C=O) groups excluding carboxylic acids is 1. The Kier molecular flexibility index (Phi) is 1.86. The van der Waals surface area contributed by atoms with Gasteiger partial charge in [0.1, 0.15) is 6.29 Å². The molecule has 0 atom stereocenters. The van der Waals surface area contributed by atoms with Gasteiger partial charge in [-0.2, -0.15) is 0 Å². The van der Waals surface area contributed by atoms with Gasteiger partial charge in [0, 0.05) is 0 Å². The lowest BCUT2D eigenvalue weighted by Crippen LogP contribution is -2.34. The van der Waals surface area contributed by atoms with E-state index in [4.69, 9.17) is 5.73 Å². The third-order valence-corrected chi connectivity index (χ3v) is 1.97. The van der Waals surface area contributed by atoms with Crippen LogP contribution in [0, 0.1) is 0 Å². The van der Waals surface area contributed by atoms with E-state index in [0.717, 1.165) is 32.0 Å². The summed E-state index contributed by atoms with van der Waals surface area (Å²) in [6.45, 7) is 0. The molecule has 9 heavy (non-hydrogen) atoms. The number of rotatable bonds is 1. The normalized spacial score (nSPS) is 25.4. The molecule has 1 aliphatic rings. The van der Waals surface area contributed by atoms with Gasteiger partial charge in [0.2, 0.25) is 0 Å². The molecule has 51 valence electrons. The first-order chi connectivity index (χ1) is 4.27. The van der Waals surface area contributed by atoms with Gasteiger partial charge < -0.3 is 4.79 Å². The molecule has 2 heteroatoms. The second kappa shape index (κ2) is 2.48. The highest BCUT2D eigenvalue weighted by Crippen LogP contribution is 2.24. The molecule has 0 unspecified atom stereocenters. The number of hydrogen-bond acceptors (Lipinski definition) is 1. The fourth-order valence-corrected chi connectivity index (χ4v) is 1.30. The topological polar surface area (TPSA) is 40.9 Å². The van der Waals surface area contributed by atoms with Crippen molar-refractivity contribution in [2.45, 2.75) is 37.6 Å². The second-order valence-corrected chi connectivity index (χ2v) is 2.83. The van der Waals surface area contributed by atoms with Crippen LogP contribution in [-0.4, -0.2) is 11.8 Å². The van der Waals surface area contributed by atoms with Crippen molar-refractivity contribution in [3.8, 4) is 0 Å². The largest absolute Gasteiger partial charge is 0.301 e. The first-order valence-corrected chi connectivity index (χ1v) is 3.48. The van der Waals surface area contributed by atoms with Gasteiger partial charge in [-0.15, -0.1) is 0 Å². The molecule has 2 nitrogen and oxygen atoms in total. The number of hydrogen-bond donors (Lipinski definition) is 0. The minimum atomic E-state index is -0.710. The Morgan fingerprint density at radius 2 is 1.78 bits per heavy atom. The van der Waals surface area contributed by atoms with Crippen LogP contribution in [0.4, 0.5) is 0 Å². The average Bonchev–Trinajstić information content (AvgIpc) is 1.90. The molecule has 0 aromatic heterocycles. The van der Waals surface area contributed by atoms with Crippen LogP contribution in [0.25, 0.3) is 0 Å². The third-order valence-electron chi connectivity index (χ3n) is 1.97. The molecule has 0 bridgehead atoms. The second-order valence-electron chi connectivity index (χ2n) is 2.83. The maximum absolute atomic E-state index is 10.3. The molecule has 1 fully saturated rings. The van der Waals surface area contributed by atoms with E-state index >= 15 is 0 Å². The van der Waals surface area contributed by atoms with Crippen molar-refractivity contribution in [1.29, 1.82) is 0 Å². The Morgan fingerprint density at radius 3 is 2.11 bits per heavy atom. The predicted molar refractivity (Wildman–Crippen MR) is 35.0 cm³/mol. The third kappa shape index (κ3) is 1.52. The van der Waals surface area contributed by atoms with E-state index in [2.05, 4.69) is 0 Å².